The highest BCUT2D eigenvalue weighted by Gasteiger charge is 2.74. The molecule has 0 bridgehead atoms. The van der Waals surface area contributed by atoms with Crippen molar-refractivity contribution in [1.82, 2.24) is 0 Å². The van der Waals surface area contributed by atoms with Gasteiger partial charge in [-0.25, -0.2) is 4.79 Å². The maximum atomic E-state index is 13.1. The zero-order valence-electron chi connectivity index (χ0n) is 21.1. The molecule has 1 aliphatic carbocycles. The first-order valence-corrected chi connectivity index (χ1v) is 11.0. The summed E-state index contributed by atoms with van der Waals surface area (Å²) in [4.78, 5) is 10.8. The molecule has 5 nitrogen and oxygen atoms in total. The summed E-state index contributed by atoms with van der Waals surface area (Å²) < 4.78 is 124. The highest BCUT2D eigenvalue weighted by atomic mass is 19.4. The minimum absolute atomic E-state index is 0.0492. The third-order valence-electron chi connectivity index (χ3n) is 5.56. The van der Waals surface area contributed by atoms with E-state index in [0.29, 0.717) is 0 Å². The average Bonchev–Trinajstić information content (AvgIpc) is 2.66. The van der Waals surface area contributed by atoms with Gasteiger partial charge in [-0.05, 0) is 59.8 Å². The van der Waals surface area contributed by atoms with Crippen molar-refractivity contribution in [3.8, 4) is 0 Å². The van der Waals surface area contributed by atoms with Crippen molar-refractivity contribution in [2.24, 2.45) is 11.8 Å². The number of halogens is 9. The van der Waals surface area contributed by atoms with E-state index >= 15 is 0 Å². The summed E-state index contributed by atoms with van der Waals surface area (Å²) in [6, 6.07) is 0. The highest BCUT2D eigenvalue weighted by molar-refractivity contribution is 5.89. The zero-order valence-corrected chi connectivity index (χ0v) is 21.1. The van der Waals surface area contributed by atoms with Crippen molar-refractivity contribution in [3.63, 3.8) is 0 Å². The van der Waals surface area contributed by atoms with E-state index in [4.69, 9.17) is 4.74 Å². The molecule has 0 aromatic rings. The zero-order chi connectivity index (χ0) is 29.8. The van der Waals surface area contributed by atoms with Gasteiger partial charge in [-0.1, -0.05) is 12.7 Å². The van der Waals surface area contributed by atoms with Crippen LogP contribution in [0.1, 0.15) is 53.9 Å². The van der Waals surface area contributed by atoms with Gasteiger partial charge in [0.25, 0.3) is 5.60 Å². The minimum atomic E-state index is -5.89. The Balaban J connectivity index is 0.000000845. The van der Waals surface area contributed by atoms with Crippen molar-refractivity contribution < 1.29 is 64.0 Å². The highest BCUT2D eigenvalue weighted by Crippen LogP contribution is 2.53. The second-order valence-electron chi connectivity index (χ2n) is 10.2. The van der Waals surface area contributed by atoms with Gasteiger partial charge in [-0.2, -0.15) is 39.5 Å². The second-order valence-corrected chi connectivity index (χ2v) is 10.2. The summed E-state index contributed by atoms with van der Waals surface area (Å²) in [5.74, 6) is -4.49. The number of carbonyl (C=O) groups excluding carboxylic acids is 1. The first-order valence-electron chi connectivity index (χ1n) is 11.0. The minimum Gasteiger partial charge on any atom is -0.456 e. The SMILES string of the molecule is C=C(C(=O)OC(C)(C)C)C(F)(F)F.C=CCOC1CC(C(C)(C)O)CC(C(O)(C(F)(F)F)C(F)(F)F)C1. The third-order valence-corrected chi connectivity index (χ3v) is 5.56. The van der Waals surface area contributed by atoms with Crippen molar-refractivity contribution in [3.05, 3.63) is 24.8 Å². The molecule has 0 amide bonds. The van der Waals surface area contributed by atoms with Crippen LogP contribution in [0.3, 0.4) is 0 Å². The summed E-state index contributed by atoms with van der Waals surface area (Å²) in [5, 5.41) is 19.7. The van der Waals surface area contributed by atoms with Crippen LogP contribution in [0.2, 0.25) is 0 Å². The molecule has 0 heterocycles. The van der Waals surface area contributed by atoms with Gasteiger partial charge >= 0.3 is 24.5 Å². The lowest BCUT2D eigenvalue weighted by atomic mass is 9.67. The van der Waals surface area contributed by atoms with E-state index < -0.39 is 77.7 Å². The fourth-order valence-electron chi connectivity index (χ4n) is 3.60. The van der Waals surface area contributed by atoms with Crippen LogP contribution >= 0.6 is 0 Å². The molecule has 0 aromatic carbocycles. The number of hydrogen-bond donors (Lipinski definition) is 2. The molecule has 3 atom stereocenters. The Labute approximate surface area is 209 Å². The summed E-state index contributed by atoms with van der Waals surface area (Å²) in [7, 11) is 0. The molecule has 1 aliphatic rings. The smallest absolute Gasteiger partial charge is 0.426 e. The van der Waals surface area contributed by atoms with E-state index in [1.165, 1.54) is 40.7 Å². The van der Waals surface area contributed by atoms with Crippen molar-refractivity contribution >= 4 is 5.97 Å². The number of carbonyl (C=O) groups is 1. The maximum Gasteiger partial charge on any atom is 0.426 e. The second kappa shape index (κ2) is 11.9. The largest absolute Gasteiger partial charge is 0.456 e. The first kappa shape index (κ1) is 35.2. The van der Waals surface area contributed by atoms with Crippen LogP contribution in [0.25, 0.3) is 0 Å². The van der Waals surface area contributed by atoms with Gasteiger partial charge in [-0.15, -0.1) is 6.58 Å². The van der Waals surface area contributed by atoms with E-state index in [-0.39, 0.29) is 13.0 Å². The van der Waals surface area contributed by atoms with Crippen LogP contribution in [-0.4, -0.2) is 64.2 Å². The molecular formula is C23H33F9O5. The molecule has 0 spiro atoms. The molecule has 0 aliphatic heterocycles. The fourth-order valence-corrected chi connectivity index (χ4v) is 3.60. The molecule has 37 heavy (non-hydrogen) atoms. The van der Waals surface area contributed by atoms with Crippen molar-refractivity contribution in [2.45, 2.75) is 95.3 Å². The summed E-state index contributed by atoms with van der Waals surface area (Å²) in [5.41, 5.74) is -8.78. The summed E-state index contributed by atoms with van der Waals surface area (Å²) in [6.45, 7) is 13.0. The number of hydrogen-bond acceptors (Lipinski definition) is 5. The predicted molar refractivity (Wildman–Crippen MR) is 115 cm³/mol. The van der Waals surface area contributed by atoms with Crippen LogP contribution in [0.5, 0.6) is 0 Å². The average molecular weight is 560 g/mol. The van der Waals surface area contributed by atoms with Crippen LogP contribution in [0.4, 0.5) is 39.5 Å². The Hall–Kier alpha value is -1.80. The van der Waals surface area contributed by atoms with E-state index in [2.05, 4.69) is 17.9 Å². The van der Waals surface area contributed by atoms with Crippen molar-refractivity contribution in [2.75, 3.05) is 6.61 Å². The number of aliphatic hydroxyl groups is 2. The Morgan fingerprint density at radius 2 is 1.30 bits per heavy atom. The van der Waals surface area contributed by atoms with Crippen molar-refractivity contribution in [1.29, 1.82) is 0 Å². The molecule has 1 fully saturated rings. The Morgan fingerprint density at radius 1 is 0.865 bits per heavy atom. The molecule has 3 unspecified atom stereocenters. The van der Waals surface area contributed by atoms with Crippen LogP contribution < -0.4 is 0 Å². The molecule has 1 saturated carbocycles. The van der Waals surface area contributed by atoms with Gasteiger partial charge in [0.15, 0.2) is 0 Å². The molecule has 14 heteroatoms. The normalized spacial score (nSPS) is 22.0. The topological polar surface area (TPSA) is 76.0 Å². The van der Waals surface area contributed by atoms with E-state index in [0.717, 1.165) is 0 Å². The molecule has 1 rings (SSSR count). The molecule has 0 radical (unpaired) electrons. The Kier molecular flexibility index (Phi) is 11.4. The van der Waals surface area contributed by atoms with E-state index in [1.54, 1.807) is 0 Å². The predicted octanol–water partition coefficient (Wildman–Crippen LogP) is 6.05. The fraction of sp³-hybridized carbons (Fsp3) is 0.783. The third kappa shape index (κ3) is 10.1. The maximum absolute atomic E-state index is 13.1. The molecule has 2 N–H and O–H groups in total. The lowest BCUT2D eigenvalue weighted by Crippen LogP contribution is -2.63. The van der Waals surface area contributed by atoms with E-state index in [9.17, 15) is 54.5 Å². The number of alkyl halides is 9. The van der Waals surface area contributed by atoms with Crippen LogP contribution in [0, 0.1) is 11.8 Å². The lowest BCUT2D eigenvalue weighted by molar-refractivity contribution is -0.390. The lowest BCUT2D eigenvalue weighted by Gasteiger charge is -2.46. The van der Waals surface area contributed by atoms with Gasteiger partial charge in [0.1, 0.15) is 11.2 Å². The van der Waals surface area contributed by atoms with E-state index in [1.807, 2.05) is 0 Å². The van der Waals surface area contributed by atoms with Crippen LogP contribution in [0.15, 0.2) is 24.8 Å². The number of esters is 1. The Morgan fingerprint density at radius 3 is 1.62 bits per heavy atom. The van der Waals surface area contributed by atoms with Gasteiger partial charge < -0.3 is 19.7 Å². The summed E-state index contributed by atoms with van der Waals surface area (Å²) >= 11 is 0. The van der Waals surface area contributed by atoms with Gasteiger partial charge in [-0.3, -0.25) is 0 Å². The summed E-state index contributed by atoms with van der Waals surface area (Å²) in [6.07, 6.45) is -17.3. The number of ether oxygens (including phenoxy) is 2. The molecule has 0 saturated heterocycles. The monoisotopic (exact) mass is 560 g/mol. The Bertz CT molecular complexity index is 773. The molecule has 218 valence electrons. The number of rotatable bonds is 6. The molecular weight excluding hydrogens is 527 g/mol. The quantitative estimate of drug-likeness (QED) is 0.179. The van der Waals surface area contributed by atoms with Crippen LogP contribution in [-0.2, 0) is 14.3 Å². The molecule has 0 aromatic heterocycles. The first-order chi connectivity index (χ1) is 16.2. The van der Waals surface area contributed by atoms with Gasteiger partial charge in [0.05, 0.1) is 18.3 Å². The van der Waals surface area contributed by atoms with Gasteiger partial charge in [0, 0.05) is 5.92 Å². The van der Waals surface area contributed by atoms with Gasteiger partial charge in [0.2, 0.25) is 0 Å². The standard InChI is InChI=1S/C15H22F6O3.C8H11F3O2/c1-4-5-24-11-7-9(12(2,3)22)6-10(8-11)13(23,14(16,17)18)15(19,20)21;1-5(8(9,10)11)6(12)13-7(2,3)4/h4,9-11,22-23H,1,5-8H2,2-3H3;1H2,2-4H3.